The molecule has 1 unspecified atom stereocenters. The predicted octanol–water partition coefficient (Wildman–Crippen LogP) is 1.57. The number of hydrogen-bond donors (Lipinski definition) is 3. The van der Waals surface area contributed by atoms with Crippen molar-refractivity contribution in [3.63, 3.8) is 0 Å². The number of hydrogen-bond acceptors (Lipinski definition) is 9. The van der Waals surface area contributed by atoms with Crippen molar-refractivity contribution >= 4 is 17.5 Å². The molecular formula is C17H19F2N11. The Hall–Kier alpha value is -3.74. The molecule has 156 valence electrons. The van der Waals surface area contributed by atoms with Gasteiger partial charge in [0.15, 0.2) is 11.5 Å². The first-order chi connectivity index (χ1) is 14.4. The lowest BCUT2D eigenvalue weighted by atomic mass is 10.1. The maximum absolute atomic E-state index is 12.9. The van der Waals surface area contributed by atoms with Crippen LogP contribution in [0, 0.1) is 6.92 Å². The second kappa shape index (κ2) is 7.94. The zero-order chi connectivity index (χ0) is 21.3. The summed E-state index contributed by atoms with van der Waals surface area (Å²) in [5.41, 5.74) is 13.2. The lowest BCUT2D eigenvalue weighted by molar-refractivity contribution is 0.0560. The van der Waals surface area contributed by atoms with Crippen LogP contribution in [0.25, 0.3) is 17.0 Å². The average molecular weight is 415 g/mol. The lowest BCUT2D eigenvalue weighted by Gasteiger charge is -2.16. The molecule has 0 saturated heterocycles. The highest BCUT2D eigenvalue weighted by molar-refractivity contribution is 5.57. The van der Waals surface area contributed by atoms with Crippen LogP contribution >= 0.6 is 0 Å². The Morgan fingerprint density at radius 1 is 1.17 bits per heavy atom. The molecule has 4 aromatic rings. The molecule has 5 N–H and O–H groups in total. The molecule has 4 aromatic heterocycles. The van der Waals surface area contributed by atoms with Gasteiger partial charge in [0.1, 0.15) is 5.82 Å². The van der Waals surface area contributed by atoms with Crippen LogP contribution in [0.5, 0.6) is 0 Å². The molecule has 0 bridgehead atoms. The summed E-state index contributed by atoms with van der Waals surface area (Å²) in [7, 11) is 0. The van der Waals surface area contributed by atoms with Gasteiger partial charge in [-0.1, -0.05) is 0 Å². The van der Waals surface area contributed by atoms with Gasteiger partial charge in [-0.25, -0.2) is 14.6 Å². The SMILES string of the molecule is Cc1ncc2ncc(-c3nc(N)nc(NC(CCN)c4ccn(C(F)F)n4)n3)cn12. The molecule has 0 aliphatic rings. The fourth-order valence-corrected chi connectivity index (χ4v) is 2.97. The second-order valence-electron chi connectivity index (χ2n) is 6.49. The summed E-state index contributed by atoms with van der Waals surface area (Å²) in [6.45, 7) is -0.582. The molecule has 13 heteroatoms. The number of nitrogen functional groups attached to an aromatic ring is 1. The second-order valence-corrected chi connectivity index (χ2v) is 6.49. The zero-order valence-electron chi connectivity index (χ0n) is 15.9. The third kappa shape index (κ3) is 3.87. The number of fused-ring (bicyclic) bond motifs is 1. The number of aromatic nitrogens is 8. The fourth-order valence-electron chi connectivity index (χ4n) is 2.97. The summed E-state index contributed by atoms with van der Waals surface area (Å²) in [5, 5.41) is 6.95. The van der Waals surface area contributed by atoms with E-state index in [1.165, 1.54) is 12.3 Å². The quantitative estimate of drug-likeness (QED) is 0.408. The van der Waals surface area contributed by atoms with Crippen molar-refractivity contribution in [1.82, 2.24) is 39.1 Å². The van der Waals surface area contributed by atoms with Crippen LogP contribution in [-0.4, -0.2) is 45.6 Å². The third-order valence-electron chi connectivity index (χ3n) is 4.42. The van der Waals surface area contributed by atoms with E-state index in [-0.39, 0.29) is 11.9 Å². The van der Waals surface area contributed by atoms with Crippen LogP contribution < -0.4 is 16.8 Å². The minimum atomic E-state index is -2.73. The largest absolute Gasteiger partial charge is 0.368 e. The monoisotopic (exact) mass is 415 g/mol. The number of nitrogens with one attached hydrogen (secondary N) is 1. The summed E-state index contributed by atoms with van der Waals surface area (Å²) < 4.78 is 28.1. The van der Waals surface area contributed by atoms with Crippen LogP contribution in [0.2, 0.25) is 0 Å². The van der Waals surface area contributed by atoms with Crippen molar-refractivity contribution in [3.8, 4) is 11.4 Å². The highest BCUT2D eigenvalue weighted by Crippen LogP contribution is 2.23. The first-order valence-corrected chi connectivity index (χ1v) is 9.06. The van der Waals surface area contributed by atoms with Gasteiger partial charge in [0.25, 0.3) is 0 Å². The zero-order valence-corrected chi connectivity index (χ0v) is 15.9. The molecule has 1 atom stereocenters. The summed E-state index contributed by atoms with van der Waals surface area (Å²) in [6, 6.07) is 1.01. The van der Waals surface area contributed by atoms with E-state index in [1.807, 2.05) is 6.92 Å². The number of nitrogens with zero attached hydrogens (tertiary/aromatic N) is 8. The normalized spacial score (nSPS) is 12.6. The van der Waals surface area contributed by atoms with Crippen molar-refractivity contribution < 1.29 is 8.78 Å². The van der Waals surface area contributed by atoms with Gasteiger partial charge in [0.05, 0.1) is 23.5 Å². The van der Waals surface area contributed by atoms with Gasteiger partial charge in [-0.2, -0.15) is 28.8 Å². The summed E-state index contributed by atoms with van der Waals surface area (Å²) in [5.74, 6) is 1.23. The van der Waals surface area contributed by atoms with Gasteiger partial charge in [0.2, 0.25) is 11.9 Å². The van der Waals surface area contributed by atoms with Crippen molar-refractivity contribution in [2.45, 2.75) is 25.9 Å². The predicted molar refractivity (Wildman–Crippen MR) is 104 cm³/mol. The van der Waals surface area contributed by atoms with E-state index in [1.54, 1.807) is 23.0 Å². The Morgan fingerprint density at radius 3 is 2.73 bits per heavy atom. The topological polar surface area (TPSA) is 151 Å². The van der Waals surface area contributed by atoms with Crippen molar-refractivity contribution in [2.24, 2.45) is 5.73 Å². The fraction of sp³-hybridized carbons (Fsp3) is 0.294. The molecule has 4 heterocycles. The van der Waals surface area contributed by atoms with Gasteiger partial charge < -0.3 is 16.8 Å². The van der Waals surface area contributed by atoms with Crippen molar-refractivity contribution in [2.75, 3.05) is 17.6 Å². The maximum Gasteiger partial charge on any atom is 0.333 e. The Kier molecular flexibility index (Phi) is 5.18. The van der Waals surface area contributed by atoms with Gasteiger partial charge in [-0.15, -0.1) is 0 Å². The molecule has 0 saturated carbocycles. The number of halogens is 2. The van der Waals surface area contributed by atoms with Crippen LogP contribution in [-0.2, 0) is 0 Å². The summed E-state index contributed by atoms with van der Waals surface area (Å²) in [4.78, 5) is 21.2. The van der Waals surface area contributed by atoms with Crippen LogP contribution in [0.4, 0.5) is 20.7 Å². The molecule has 0 aliphatic heterocycles. The van der Waals surface area contributed by atoms with Gasteiger partial charge >= 0.3 is 6.55 Å². The Morgan fingerprint density at radius 2 is 2.00 bits per heavy atom. The average Bonchev–Trinajstić information content (AvgIpc) is 3.35. The summed E-state index contributed by atoms with van der Waals surface area (Å²) in [6.07, 6.45) is 6.68. The van der Waals surface area contributed by atoms with Gasteiger partial charge in [-0.05, 0) is 26.0 Å². The van der Waals surface area contributed by atoms with Crippen LogP contribution in [0.15, 0.2) is 30.9 Å². The molecule has 11 nitrogen and oxygen atoms in total. The van der Waals surface area contributed by atoms with E-state index < -0.39 is 12.6 Å². The minimum Gasteiger partial charge on any atom is -0.368 e. The number of rotatable bonds is 7. The highest BCUT2D eigenvalue weighted by Gasteiger charge is 2.18. The van der Waals surface area contributed by atoms with Gasteiger partial charge in [-0.3, -0.25) is 4.40 Å². The lowest BCUT2D eigenvalue weighted by Crippen LogP contribution is -2.19. The van der Waals surface area contributed by atoms with Gasteiger partial charge in [0, 0.05) is 18.6 Å². The first kappa shape index (κ1) is 19.6. The maximum atomic E-state index is 12.9. The van der Waals surface area contributed by atoms with E-state index in [0.717, 1.165) is 5.82 Å². The van der Waals surface area contributed by atoms with Crippen LogP contribution in [0.3, 0.4) is 0 Å². The number of nitrogens with two attached hydrogens (primary N) is 2. The third-order valence-corrected chi connectivity index (χ3v) is 4.42. The van der Waals surface area contributed by atoms with E-state index in [0.29, 0.717) is 40.4 Å². The summed E-state index contributed by atoms with van der Waals surface area (Å²) >= 11 is 0. The highest BCUT2D eigenvalue weighted by atomic mass is 19.3. The standard InChI is InChI=1S/C17H19F2N11/c1-9-22-7-13-23-6-10(8-29(9)13)14-25-16(21)27-17(26-14)24-11(2-4-20)12-3-5-30(28-12)15(18)19/h3,5-8,11,15H,2,4,20H2,1H3,(H3,21,24,25,26,27). The Balaban J connectivity index is 1.66. The molecule has 0 radical (unpaired) electrons. The first-order valence-electron chi connectivity index (χ1n) is 9.06. The Bertz CT molecular complexity index is 1170. The van der Waals surface area contributed by atoms with E-state index in [2.05, 4.69) is 35.3 Å². The molecule has 0 aromatic carbocycles. The number of anilines is 2. The molecule has 0 spiro atoms. The molecular weight excluding hydrogens is 396 g/mol. The van der Waals surface area contributed by atoms with E-state index in [9.17, 15) is 8.78 Å². The van der Waals surface area contributed by atoms with Crippen LogP contribution in [0.1, 0.15) is 30.5 Å². The molecule has 4 rings (SSSR count). The van der Waals surface area contributed by atoms with Crippen molar-refractivity contribution in [1.29, 1.82) is 0 Å². The smallest absolute Gasteiger partial charge is 0.333 e. The van der Waals surface area contributed by atoms with Crippen molar-refractivity contribution in [3.05, 3.63) is 42.4 Å². The number of alkyl halides is 2. The van der Waals surface area contributed by atoms with E-state index >= 15 is 0 Å². The molecule has 0 amide bonds. The molecule has 0 fully saturated rings. The number of imidazole rings is 1. The Labute approximate surface area is 169 Å². The number of aryl methyl sites for hydroxylation is 1. The molecule has 0 aliphatic carbocycles. The molecule has 30 heavy (non-hydrogen) atoms. The minimum absolute atomic E-state index is 0.00504. The van der Waals surface area contributed by atoms with E-state index in [4.69, 9.17) is 11.5 Å².